The smallest absolute Gasteiger partial charge is 0.223 e. The van der Waals surface area contributed by atoms with Gasteiger partial charge in [-0.25, -0.2) is 4.98 Å². The summed E-state index contributed by atoms with van der Waals surface area (Å²) in [6.45, 7) is 2.97. The van der Waals surface area contributed by atoms with Crippen LogP contribution in [-0.4, -0.2) is 30.6 Å². The fourth-order valence-electron chi connectivity index (χ4n) is 4.78. The van der Waals surface area contributed by atoms with Crippen molar-refractivity contribution in [1.29, 1.82) is 0 Å². The van der Waals surface area contributed by atoms with E-state index in [0.717, 1.165) is 81.3 Å². The average molecular weight is 429 g/mol. The van der Waals surface area contributed by atoms with Crippen molar-refractivity contribution in [2.75, 3.05) is 13.7 Å². The van der Waals surface area contributed by atoms with Gasteiger partial charge in [0.05, 0.1) is 6.10 Å². The quantitative estimate of drug-likeness (QED) is 0.376. The van der Waals surface area contributed by atoms with Gasteiger partial charge < -0.3 is 14.5 Å². The third kappa shape index (κ3) is 7.34. The van der Waals surface area contributed by atoms with Gasteiger partial charge in [-0.2, -0.15) is 0 Å². The Morgan fingerprint density at radius 3 is 2.68 bits per heavy atom. The Bertz CT molecular complexity index is 749. The summed E-state index contributed by atoms with van der Waals surface area (Å²) in [6, 6.07) is 7.98. The number of ether oxygens (including phenoxy) is 1. The Labute approximate surface area is 187 Å². The number of unbranched alkanes of at least 4 members (excludes halogenated alkanes) is 1. The molecule has 2 aromatic rings. The Balaban J connectivity index is 1.50. The number of hydrogen-bond acceptors (Lipinski definition) is 4. The molecule has 1 amide bonds. The maximum atomic E-state index is 12.3. The number of oxazole rings is 1. The van der Waals surface area contributed by atoms with Crippen molar-refractivity contribution in [3.63, 3.8) is 0 Å². The molecule has 1 aromatic carbocycles. The van der Waals surface area contributed by atoms with Crippen LogP contribution in [0.1, 0.15) is 95.8 Å². The highest BCUT2D eigenvalue weighted by Gasteiger charge is 2.22. The molecule has 31 heavy (non-hydrogen) atoms. The zero-order chi connectivity index (χ0) is 21.9. The highest BCUT2D eigenvalue weighted by atomic mass is 16.5. The first-order chi connectivity index (χ1) is 15.2. The minimum absolute atomic E-state index is 0.241. The monoisotopic (exact) mass is 428 g/mol. The van der Waals surface area contributed by atoms with Crippen molar-refractivity contribution >= 4 is 17.0 Å². The van der Waals surface area contributed by atoms with Crippen molar-refractivity contribution in [3.8, 4) is 0 Å². The number of carbonyl (C=O) groups is 1. The molecule has 1 heterocycles. The zero-order valence-corrected chi connectivity index (χ0v) is 19.4. The predicted octanol–water partition coefficient (Wildman–Crippen LogP) is 6.37. The van der Waals surface area contributed by atoms with Gasteiger partial charge in [0.2, 0.25) is 5.91 Å². The summed E-state index contributed by atoms with van der Waals surface area (Å²) in [4.78, 5) is 17.1. The molecule has 0 saturated heterocycles. The van der Waals surface area contributed by atoms with Gasteiger partial charge in [-0.05, 0) is 57.1 Å². The number of para-hydroxylation sites is 2. The minimum Gasteiger partial charge on any atom is -0.440 e. The summed E-state index contributed by atoms with van der Waals surface area (Å²) >= 11 is 0. The van der Waals surface area contributed by atoms with Crippen molar-refractivity contribution in [2.45, 2.75) is 96.0 Å². The predicted molar refractivity (Wildman–Crippen MR) is 125 cm³/mol. The van der Waals surface area contributed by atoms with E-state index in [4.69, 9.17) is 14.1 Å². The van der Waals surface area contributed by atoms with Crippen LogP contribution in [0.15, 0.2) is 28.7 Å². The molecule has 1 saturated carbocycles. The molecule has 5 nitrogen and oxygen atoms in total. The summed E-state index contributed by atoms with van der Waals surface area (Å²) in [6.07, 6.45) is 13.4. The lowest BCUT2D eigenvalue weighted by Crippen LogP contribution is -2.32. The number of fused-ring (bicyclic) bond motifs is 1. The van der Waals surface area contributed by atoms with Gasteiger partial charge in [0.15, 0.2) is 11.5 Å². The number of hydrogen-bond donors (Lipinski definition) is 1. The molecule has 5 heteroatoms. The summed E-state index contributed by atoms with van der Waals surface area (Å²) in [5, 5.41) is 3.17. The Hall–Kier alpha value is -1.88. The average Bonchev–Trinajstić information content (AvgIpc) is 3.24. The molecule has 0 aliphatic heterocycles. The molecule has 2 unspecified atom stereocenters. The van der Waals surface area contributed by atoms with Gasteiger partial charge in [-0.3, -0.25) is 4.79 Å². The number of amides is 1. The van der Waals surface area contributed by atoms with E-state index in [0.29, 0.717) is 6.10 Å². The fraction of sp³-hybridized carbons (Fsp3) is 0.692. The number of nitrogens with one attached hydrogen (secondary N) is 1. The lowest BCUT2D eigenvalue weighted by atomic mass is 9.88. The molecule has 2 atom stereocenters. The molecule has 1 aliphatic carbocycles. The fourth-order valence-corrected chi connectivity index (χ4v) is 4.78. The lowest BCUT2D eigenvalue weighted by Gasteiger charge is -2.21. The number of rotatable bonds is 13. The highest BCUT2D eigenvalue weighted by molar-refractivity contribution is 5.78. The molecule has 3 rings (SSSR count). The number of carbonyl (C=O) groups excluding carboxylic acids is 1. The molecule has 1 fully saturated rings. The normalized spacial score (nSPS) is 17.0. The van der Waals surface area contributed by atoms with E-state index in [2.05, 4.69) is 12.2 Å². The Kier molecular flexibility index (Phi) is 9.85. The topological polar surface area (TPSA) is 64.4 Å². The first-order valence-corrected chi connectivity index (χ1v) is 12.4. The van der Waals surface area contributed by atoms with E-state index in [-0.39, 0.29) is 17.7 Å². The summed E-state index contributed by atoms with van der Waals surface area (Å²) < 4.78 is 11.8. The van der Waals surface area contributed by atoms with Crippen LogP contribution >= 0.6 is 0 Å². The van der Waals surface area contributed by atoms with Gasteiger partial charge in [0.1, 0.15) is 5.52 Å². The van der Waals surface area contributed by atoms with Crippen LogP contribution in [0.25, 0.3) is 11.1 Å². The largest absolute Gasteiger partial charge is 0.440 e. The Morgan fingerprint density at radius 1 is 1.13 bits per heavy atom. The van der Waals surface area contributed by atoms with E-state index >= 15 is 0 Å². The molecule has 0 bridgehead atoms. The molecule has 1 aromatic heterocycles. The first kappa shape index (κ1) is 23.8. The number of benzene rings is 1. The maximum absolute atomic E-state index is 12.3. The van der Waals surface area contributed by atoms with E-state index in [9.17, 15) is 4.79 Å². The zero-order valence-electron chi connectivity index (χ0n) is 19.4. The van der Waals surface area contributed by atoms with Crippen LogP contribution < -0.4 is 5.32 Å². The molecule has 0 radical (unpaired) electrons. The van der Waals surface area contributed by atoms with Crippen LogP contribution in [0.4, 0.5) is 0 Å². The molecular formula is C26H40N2O3. The van der Waals surface area contributed by atoms with Crippen molar-refractivity contribution in [2.24, 2.45) is 5.92 Å². The van der Waals surface area contributed by atoms with E-state index in [1.807, 2.05) is 31.4 Å². The molecule has 1 N–H and O–H groups in total. The second kappa shape index (κ2) is 12.8. The van der Waals surface area contributed by atoms with Gasteiger partial charge in [-0.15, -0.1) is 0 Å². The van der Waals surface area contributed by atoms with Crippen molar-refractivity contribution in [3.05, 3.63) is 30.2 Å². The third-order valence-electron chi connectivity index (χ3n) is 6.70. The van der Waals surface area contributed by atoms with Gasteiger partial charge in [-0.1, -0.05) is 51.2 Å². The van der Waals surface area contributed by atoms with Gasteiger partial charge >= 0.3 is 0 Å². The van der Waals surface area contributed by atoms with Crippen LogP contribution in [0.5, 0.6) is 0 Å². The van der Waals surface area contributed by atoms with Crippen LogP contribution in [-0.2, 0) is 9.53 Å². The minimum atomic E-state index is 0.241. The van der Waals surface area contributed by atoms with Crippen molar-refractivity contribution < 1.29 is 13.9 Å². The second-order valence-electron chi connectivity index (χ2n) is 9.06. The van der Waals surface area contributed by atoms with Gasteiger partial charge in [0.25, 0.3) is 0 Å². The molecule has 1 aliphatic rings. The highest BCUT2D eigenvalue weighted by Crippen LogP contribution is 2.30. The van der Waals surface area contributed by atoms with Crippen LogP contribution in [0.2, 0.25) is 0 Å². The van der Waals surface area contributed by atoms with E-state index in [1.54, 1.807) is 0 Å². The Morgan fingerprint density at radius 2 is 1.94 bits per heavy atom. The SMILES string of the molecule is CCCC(CCC(CCCCNC(=O)C1CCCCC1)c1nc2ccccc2o1)OC. The summed E-state index contributed by atoms with van der Waals surface area (Å²) in [5.74, 6) is 1.64. The summed E-state index contributed by atoms with van der Waals surface area (Å²) in [5.41, 5.74) is 1.79. The van der Waals surface area contributed by atoms with E-state index in [1.165, 1.54) is 19.3 Å². The lowest BCUT2D eigenvalue weighted by molar-refractivity contribution is -0.125. The molecule has 0 spiro atoms. The maximum Gasteiger partial charge on any atom is 0.223 e. The van der Waals surface area contributed by atoms with Crippen LogP contribution in [0.3, 0.4) is 0 Å². The first-order valence-electron chi connectivity index (χ1n) is 12.4. The van der Waals surface area contributed by atoms with Crippen molar-refractivity contribution in [1.82, 2.24) is 10.3 Å². The van der Waals surface area contributed by atoms with E-state index < -0.39 is 0 Å². The number of nitrogens with zero attached hydrogens (tertiary/aromatic N) is 1. The standard InChI is InChI=1S/C26H40N2O3/c1-3-11-22(30-2)18-17-21(26-28-23-15-7-8-16-24(23)31-26)14-9-10-19-27-25(29)20-12-5-4-6-13-20/h7-8,15-16,20-22H,3-6,9-14,17-19H2,1-2H3,(H,27,29). The number of aromatic nitrogens is 1. The molecule has 172 valence electrons. The molecular weight excluding hydrogens is 388 g/mol. The third-order valence-corrected chi connectivity index (χ3v) is 6.70. The number of methoxy groups -OCH3 is 1. The van der Waals surface area contributed by atoms with Crippen LogP contribution in [0, 0.1) is 5.92 Å². The van der Waals surface area contributed by atoms with Gasteiger partial charge in [0, 0.05) is 25.5 Å². The second-order valence-corrected chi connectivity index (χ2v) is 9.06. The summed E-state index contributed by atoms with van der Waals surface area (Å²) in [7, 11) is 1.81.